The summed E-state index contributed by atoms with van der Waals surface area (Å²) in [5.74, 6) is -0.507. The molecule has 0 atom stereocenters. The summed E-state index contributed by atoms with van der Waals surface area (Å²) in [6, 6.07) is 14.0. The molecule has 0 aromatic heterocycles. The van der Waals surface area contributed by atoms with E-state index in [0.717, 1.165) is 11.1 Å². The minimum Gasteiger partial charge on any atom is -0.326 e. The Morgan fingerprint density at radius 2 is 1.68 bits per heavy atom. The van der Waals surface area contributed by atoms with Gasteiger partial charge in [0.25, 0.3) is 0 Å². The number of hydrogen-bond acceptors (Lipinski definition) is 3. The molecule has 0 heterocycles. The van der Waals surface area contributed by atoms with Crippen LogP contribution in [0.4, 0.5) is 5.69 Å². The summed E-state index contributed by atoms with van der Waals surface area (Å²) in [6.45, 7) is 3.80. The number of amides is 1. The normalized spacial score (nSPS) is 11.2. The molecule has 2 aromatic carbocycles. The van der Waals surface area contributed by atoms with Gasteiger partial charge in [0.05, 0.1) is 10.6 Å². The van der Waals surface area contributed by atoms with E-state index in [-0.39, 0.29) is 23.0 Å². The highest BCUT2D eigenvalue weighted by molar-refractivity contribution is 7.91. The standard InChI is InChI=1S/C17H19NO3S/c1-13-8-9-16(12-14(13)2)22(20,21)11-10-17(19)18-15-6-4-3-5-7-15/h3-9,12H,10-11H2,1-2H3,(H,18,19). The van der Waals surface area contributed by atoms with Crippen LogP contribution in [0.25, 0.3) is 0 Å². The van der Waals surface area contributed by atoms with Crippen molar-refractivity contribution >= 4 is 21.4 Å². The van der Waals surface area contributed by atoms with E-state index in [2.05, 4.69) is 5.32 Å². The first-order valence-corrected chi connectivity index (χ1v) is 8.68. The molecule has 0 bridgehead atoms. The van der Waals surface area contributed by atoms with E-state index in [4.69, 9.17) is 0 Å². The molecule has 0 aliphatic rings. The topological polar surface area (TPSA) is 63.2 Å². The quantitative estimate of drug-likeness (QED) is 0.921. The van der Waals surface area contributed by atoms with E-state index >= 15 is 0 Å². The lowest BCUT2D eigenvalue weighted by atomic mass is 10.1. The molecular formula is C17H19NO3S. The second-order valence-corrected chi connectivity index (χ2v) is 7.34. The molecule has 0 saturated carbocycles. The first kappa shape index (κ1) is 16.2. The van der Waals surface area contributed by atoms with Crippen LogP contribution in [0.3, 0.4) is 0 Å². The van der Waals surface area contributed by atoms with Crippen LogP contribution in [0.2, 0.25) is 0 Å². The van der Waals surface area contributed by atoms with E-state index in [1.54, 1.807) is 42.5 Å². The number of benzene rings is 2. The first-order chi connectivity index (χ1) is 10.4. The van der Waals surface area contributed by atoms with Crippen LogP contribution in [0.5, 0.6) is 0 Å². The smallest absolute Gasteiger partial charge is 0.225 e. The highest BCUT2D eigenvalue weighted by Gasteiger charge is 2.17. The van der Waals surface area contributed by atoms with Crippen LogP contribution in [0, 0.1) is 13.8 Å². The van der Waals surface area contributed by atoms with Gasteiger partial charge >= 0.3 is 0 Å². The highest BCUT2D eigenvalue weighted by Crippen LogP contribution is 2.17. The number of carbonyl (C=O) groups is 1. The Morgan fingerprint density at radius 1 is 1.00 bits per heavy atom. The predicted octanol–water partition coefficient (Wildman–Crippen LogP) is 3.11. The summed E-state index contributed by atoms with van der Waals surface area (Å²) in [4.78, 5) is 12.1. The number of sulfone groups is 1. The van der Waals surface area contributed by atoms with E-state index in [1.807, 2.05) is 19.9 Å². The average molecular weight is 317 g/mol. The molecule has 0 saturated heterocycles. The third-order valence-electron chi connectivity index (χ3n) is 3.49. The van der Waals surface area contributed by atoms with Crippen molar-refractivity contribution in [3.05, 3.63) is 59.7 Å². The zero-order valence-corrected chi connectivity index (χ0v) is 13.5. The summed E-state index contributed by atoms with van der Waals surface area (Å²) in [5.41, 5.74) is 2.63. The summed E-state index contributed by atoms with van der Waals surface area (Å²) >= 11 is 0. The summed E-state index contributed by atoms with van der Waals surface area (Å²) < 4.78 is 24.5. The van der Waals surface area contributed by atoms with Gasteiger partial charge in [0.2, 0.25) is 5.91 Å². The third-order valence-corrected chi connectivity index (χ3v) is 5.21. The minimum atomic E-state index is -3.45. The van der Waals surface area contributed by atoms with Crippen LogP contribution in [-0.2, 0) is 14.6 Å². The molecule has 1 N–H and O–H groups in total. The lowest BCUT2D eigenvalue weighted by Gasteiger charge is -2.08. The van der Waals surface area contributed by atoms with Crippen molar-refractivity contribution in [3.8, 4) is 0 Å². The molecular weight excluding hydrogens is 298 g/mol. The maximum Gasteiger partial charge on any atom is 0.225 e. The van der Waals surface area contributed by atoms with Gasteiger partial charge in [0.15, 0.2) is 9.84 Å². The van der Waals surface area contributed by atoms with Gasteiger partial charge in [-0.1, -0.05) is 24.3 Å². The average Bonchev–Trinajstić information content (AvgIpc) is 2.49. The van der Waals surface area contributed by atoms with Crippen LogP contribution >= 0.6 is 0 Å². The van der Waals surface area contributed by atoms with Crippen LogP contribution in [0.1, 0.15) is 17.5 Å². The van der Waals surface area contributed by atoms with Crippen molar-refractivity contribution in [3.63, 3.8) is 0 Å². The molecule has 0 fully saturated rings. The van der Waals surface area contributed by atoms with Crippen molar-refractivity contribution in [2.24, 2.45) is 0 Å². The second-order valence-electron chi connectivity index (χ2n) is 5.23. The number of nitrogens with one attached hydrogen (secondary N) is 1. The zero-order chi connectivity index (χ0) is 16.2. The maximum atomic E-state index is 12.3. The Bertz CT molecular complexity index is 768. The Balaban J connectivity index is 2.00. The molecule has 0 radical (unpaired) electrons. The summed E-state index contributed by atoms with van der Waals surface area (Å²) in [6.07, 6.45) is -0.0653. The Hall–Kier alpha value is -2.14. The molecule has 2 rings (SSSR count). The van der Waals surface area contributed by atoms with E-state index in [9.17, 15) is 13.2 Å². The number of para-hydroxylation sites is 1. The summed E-state index contributed by atoms with van der Waals surface area (Å²) in [7, 11) is -3.45. The van der Waals surface area contributed by atoms with Gasteiger partial charge in [-0.2, -0.15) is 0 Å². The maximum absolute atomic E-state index is 12.3. The fourth-order valence-corrected chi connectivity index (χ4v) is 3.32. The second kappa shape index (κ2) is 6.75. The predicted molar refractivity (Wildman–Crippen MR) is 87.7 cm³/mol. The largest absolute Gasteiger partial charge is 0.326 e. The fourth-order valence-electron chi connectivity index (χ4n) is 2.00. The van der Waals surface area contributed by atoms with Gasteiger partial charge in [-0.25, -0.2) is 8.42 Å². The van der Waals surface area contributed by atoms with Crippen LogP contribution in [0.15, 0.2) is 53.4 Å². The Labute approximate surface area is 131 Å². The number of carbonyl (C=O) groups excluding carboxylic acids is 1. The molecule has 2 aromatic rings. The van der Waals surface area contributed by atoms with Gasteiger partial charge in [-0.15, -0.1) is 0 Å². The SMILES string of the molecule is Cc1ccc(S(=O)(=O)CCC(=O)Nc2ccccc2)cc1C. The van der Waals surface area contributed by atoms with Crippen molar-refractivity contribution < 1.29 is 13.2 Å². The van der Waals surface area contributed by atoms with Crippen molar-refractivity contribution in [1.82, 2.24) is 0 Å². The third kappa shape index (κ3) is 4.18. The van der Waals surface area contributed by atoms with Crippen molar-refractivity contribution in [1.29, 1.82) is 0 Å². The molecule has 5 heteroatoms. The lowest BCUT2D eigenvalue weighted by Crippen LogP contribution is -2.17. The molecule has 116 valence electrons. The van der Waals surface area contributed by atoms with Gasteiger partial charge in [0.1, 0.15) is 0 Å². The number of anilines is 1. The van der Waals surface area contributed by atoms with Gasteiger partial charge in [0, 0.05) is 12.1 Å². The molecule has 4 nitrogen and oxygen atoms in total. The lowest BCUT2D eigenvalue weighted by molar-refractivity contribution is -0.115. The zero-order valence-electron chi connectivity index (χ0n) is 12.7. The van der Waals surface area contributed by atoms with Crippen LogP contribution in [-0.4, -0.2) is 20.1 Å². The van der Waals surface area contributed by atoms with Crippen LogP contribution < -0.4 is 5.32 Å². The molecule has 0 spiro atoms. The summed E-state index contributed by atoms with van der Waals surface area (Å²) in [5, 5.41) is 2.68. The molecule has 22 heavy (non-hydrogen) atoms. The monoisotopic (exact) mass is 317 g/mol. The molecule has 1 amide bonds. The highest BCUT2D eigenvalue weighted by atomic mass is 32.2. The van der Waals surface area contributed by atoms with E-state index in [1.165, 1.54) is 0 Å². The van der Waals surface area contributed by atoms with E-state index < -0.39 is 9.84 Å². The molecule has 0 unspecified atom stereocenters. The van der Waals surface area contributed by atoms with Crippen molar-refractivity contribution in [2.75, 3.05) is 11.1 Å². The Kier molecular flexibility index (Phi) is 4.98. The fraction of sp³-hybridized carbons (Fsp3) is 0.235. The van der Waals surface area contributed by atoms with E-state index in [0.29, 0.717) is 5.69 Å². The Morgan fingerprint density at radius 3 is 2.32 bits per heavy atom. The number of aryl methyl sites for hydroxylation is 2. The van der Waals surface area contributed by atoms with Gasteiger partial charge in [-0.3, -0.25) is 4.79 Å². The minimum absolute atomic E-state index is 0.0653. The van der Waals surface area contributed by atoms with Gasteiger partial charge < -0.3 is 5.32 Å². The first-order valence-electron chi connectivity index (χ1n) is 7.03. The molecule has 0 aliphatic carbocycles. The van der Waals surface area contributed by atoms with Crippen molar-refractivity contribution in [2.45, 2.75) is 25.2 Å². The molecule has 0 aliphatic heterocycles. The number of hydrogen-bond donors (Lipinski definition) is 1. The number of rotatable bonds is 5. The van der Waals surface area contributed by atoms with Gasteiger partial charge in [-0.05, 0) is 49.2 Å².